The highest BCUT2D eigenvalue weighted by Gasteiger charge is 2.12. The molecule has 0 fully saturated rings. The maximum Gasteiger partial charge on any atom is 0.344 e. The van der Waals surface area contributed by atoms with E-state index in [0.29, 0.717) is 5.69 Å². The first kappa shape index (κ1) is 19.0. The molecule has 2 amide bonds. The van der Waals surface area contributed by atoms with Gasteiger partial charge in [0.15, 0.2) is 13.2 Å². The van der Waals surface area contributed by atoms with Gasteiger partial charge in [-0.25, -0.2) is 4.79 Å². The van der Waals surface area contributed by atoms with Gasteiger partial charge in [-0.2, -0.15) is 0 Å². The van der Waals surface area contributed by atoms with Crippen molar-refractivity contribution in [2.45, 2.75) is 13.3 Å². The van der Waals surface area contributed by atoms with Gasteiger partial charge < -0.3 is 20.5 Å². The summed E-state index contributed by atoms with van der Waals surface area (Å²) in [5, 5.41) is 2.65. The van der Waals surface area contributed by atoms with E-state index in [0.717, 1.165) is 12.0 Å². The highest BCUT2D eigenvalue weighted by molar-refractivity contribution is 5.95. The van der Waals surface area contributed by atoms with E-state index in [9.17, 15) is 14.4 Å². The predicted octanol–water partition coefficient (Wildman–Crippen LogP) is 1.91. The number of hydrogen-bond donors (Lipinski definition) is 2. The van der Waals surface area contributed by atoms with Crippen molar-refractivity contribution in [1.29, 1.82) is 0 Å². The quantitative estimate of drug-likeness (QED) is 0.703. The number of rotatable bonds is 8. The van der Waals surface area contributed by atoms with E-state index in [1.54, 1.807) is 18.2 Å². The lowest BCUT2D eigenvalue weighted by molar-refractivity contribution is -0.149. The number of hydrogen-bond acceptors (Lipinski definition) is 5. The van der Waals surface area contributed by atoms with Crippen LogP contribution in [0.4, 0.5) is 5.69 Å². The van der Waals surface area contributed by atoms with Gasteiger partial charge in [0.2, 0.25) is 0 Å². The zero-order valence-electron chi connectivity index (χ0n) is 14.4. The van der Waals surface area contributed by atoms with Crippen LogP contribution in [-0.2, 0) is 20.7 Å². The number of anilines is 1. The number of carbonyl (C=O) groups is 3. The van der Waals surface area contributed by atoms with Gasteiger partial charge in [0.1, 0.15) is 5.75 Å². The molecule has 2 aromatic rings. The first-order valence-electron chi connectivity index (χ1n) is 8.05. The molecule has 0 radical (unpaired) electrons. The minimum atomic E-state index is -0.735. The highest BCUT2D eigenvalue weighted by Crippen LogP contribution is 2.17. The monoisotopic (exact) mass is 356 g/mol. The maximum absolute atomic E-state index is 11.8. The third-order valence-corrected chi connectivity index (χ3v) is 3.48. The Bertz CT molecular complexity index is 804. The van der Waals surface area contributed by atoms with Crippen LogP contribution in [0.15, 0.2) is 48.5 Å². The molecule has 7 heteroatoms. The number of esters is 1. The van der Waals surface area contributed by atoms with Crippen molar-refractivity contribution in [3.63, 3.8) is 0 Å². The fourth-order valence-electron chi connectivity index (χ4n) is 2.19. The number of ether oxygens (including phenoxy) is 2. The standard InChI is InChI=1S/C19H20N2O5/c1-2-13-6-5-7-14(10-13)21-17(22)11-26-18(23)12-25-16-9-4-3-8-15(16)19(20)24/h3-10H,2,11-12H2,1H3,(H2,20,24)(H,21,22). The lowest BCUT2D eigenvalue weighted by Gasteiger charge is -2.10. The van der Waals surface area contributed by atoms with Crippen molar-refractivity contribution in [2.75, 3.05) is 18.5 Å². The van der Waals surface area contributed by atoms with Gasteiger partial charge in [0.05, 0.1) is 5.56 Å². The van der Waals surface area contributed by atoms with Crippen LogP contribution in [0.5, 0.6) is 5.75 Å². The molecule has 7 nitrogen and oxygen atoms in total. The molecule has 0 heterocycles. The van der Waals surface area contributed by atoms with Gasteiger partial charge in [-0.1, -0.05) is 31.2 Å². The number of carbonyl (C=O) groups excluding carboxylic acids is 3. The molecule has 2 aromatic carbocycles. The van der Waals surface area contributed by atoms with Crippen LogP contribution < -0.4 is 15.8 Å². The van der Waals surface area contributed by atoms with Crippen LogP contribution in [0.3, 0.4) is 0 Å². The van der Waals surface area contributed by atoms with Gasteiger partial charge in [-0.15, -0.1) is 0 Å². The first-order valence-corrected chi connectivity index (χ1v) is 8.05. The average Bonchev–Trinajstić information content (AvgIpc) is 2.65. The predicted molar refractivity (Wildman–Crippen MR) is 95.9 cm³/mol. The number of amides is 2. The average molecular weight is 356 g/mol. The Kier molecular flexibility index (Phi) is 6.73. The Morgan fingerprint density at radius 2 is 1.81 bits per heavy atom. The SMILES string of the molecule is CCc1cccc(NC(=O)COC(=O)COc2ccccc2C(N)=O)c1. The number of benzene rings is 2. The number of nitrogens with two attached hydrogens (primary N) is 1. The maximum atomic E-state index is 11.8. The molecule has 3 N–H and O–H groups in total. The fourth-order valence-corrected chi connectivity index (χ4v) is 2.19. The Morgan fingerprint density at radius 3 is 2.54 bits per heavy atom. The number of para-hydroxylation sites is 1. The minimum Gasteiger partial charge on any atom is -0.481 e. The minimum absolute atomic E-state index is 0.161. The van der Waals surface area contributed by atoms with Crippen molar-refractivity contribution >= 4 is 23.5 Å². The molecule has 0 atom stereocenters. The van der Waals surface area contributed by atoms with Crippen molar-refractivity contribution in [2.24, 2.45) is 5.73 Å². The zero-order valence-corrected chi connectivity index (χ0v) is 14.4. The number of aryl methyl sites for hydroxylation is 1. The summed E-state index contributed by atoms with van der Waals surface area (Å²) in [6.45, 7) is 1.14. The Balaban J connectivity index is 1.79. The molecule has 0 unspecified atom stereocenters. The van der Waals surface area contributed by atoms with Crippen LogP contribution in [0.25, 0.3) is 0 Å². The van der Waals surface area contributed by atoms with Crippen LogP contribution in [-0.4, -0.2) is 31.0 Å². The van der Waals surface area contributed by atoms with E-state index in [1.807, 2.05) is 25.1 Å². The molecule has 0 aliphatic carbocycles. The van der Waals surface area contributed by atoms with E-state index in [2.05, 4.69) is 5.32 Å². The van der Waals surface area contributed by atoms with Gasteiger partial charge in [-0.05, 0) is 36.2 Å². The second kappa shape index (κ2) is 9.22. The van der Waals surface area contributed by atoms with Gasteiger partial charge in [-0.3, -0.25) is 9.59 Å². The van der Waals surface area contributed by atoms with E-state index in [1.165, 1.54) is 12.1 Å². The summed E-state index contributed by atoms with van der Waals surface area (Å²) >= 11 is 0. The van der Waals surface area contributed by atoms with E-state index in [4.69, 9.17) is 15.2 Å². The van der Waals surface area contributed by atoms with Gasteiger partial charge >= 0.3 is 5.97 Å². The second-order valence-corrected chi connectivity index (χ2v) is 5.41. The van der Waals surface area contributed by atoms with Crippen molar-refractivity contribution in [3.8, 4) is 5.75 Å². The highest BCUT2D eigenvalue weighted by atomic mass is 16.6. The summed E-state index contributed by atoms with van der Waals surface area (Å²) in [5.74, 6) is -1.67. The van der Waals surface area contributed by atoms with Crippen LogP contribution >= 0.6 is 0 Å². The lowest BCUT2D eigenvalue weighted by atomic mass is 10.1. The number of primary amides is 1. The third-order valence-electron chi connectivity index (χ3n) is 3.48. The second-order valence-electron chi connectivity index (χ2n) is 5.41. The van der Waals surface area contributed by atoms with Crippen molar-refractivity contribution < 1.29 is 23.9 Å². The van der Waals surface area contributed by atoms with Gasteiger partial charge in [0, 0.05) is 5.69 Å². The molecule has 0 spiro atoms. The summed E-state index contributed by atoms with van der Waals surface area (Å²) in [6, 6.07) is 13.7. The third kappa shape index (κ3) is 5.62. The lowest BCUT2D eigenvalue weighted by Crippen LogP contribution is -2.24. The van der Waals surface area contributed by atoms with Crippen LogP contribution in [0.2, 0.25) is 0 Å². The summed E-state index contributed by atoms with van der Waals surface area (Å²) in [7, 11) is 0. The van der Waals surface area contributed by atoms with Crippen molar-refractivity contribution in [1.82, 2.24) is 0 Å². The Hall–Kier alpha value is -3.35. The smallest absolute Gasteiger partial charge is 0.344 e. The molecule has 0 aliphatic rings. The molecule has 136 valence electrons. The normalized spacial score (nSPS) is 10.0. The molecule has 0 aromatic heterocycles. The first-order chi connectivity index (χ1) is 12.5. The summed E-state index contributed by atoms with van der Waals surface area (Å²) in [4.78, 5) is 34.8. The molecule has 26 heavy (non-hydrogen) atoms. The fraction of sp³-hybridized carbons (Fsp3) is 0.211. The molecule has 0 bridgehead atoms. The van der Waals surface area contributed by atoms with Crippen LogP contribution in [0.1, 0.15) is 22.8 Å². The Morgan fingerprint density at radius 1 is 1.04 bits per heavy atom. The summed E-state index contributed by atoms with van der Waals surface area (Å²) < 4.78 is 10.1. The molecular weight excluding hydrogens is 336 g/mol. The molecule has 0 saturated carbocycles. The molecule has 0 saturated heterocycles. The zero-order chi connectivity index (χ0) is 18.9. The van der Waals surface area contributed by atoms with Crippen molar-refractivity contribution in [3.05, 3.63) is 59.7 Å². The van der Waals surface area contributed by atoms with Crippen LogP contribution in [0, 0.1) is 0 Å². The Labute approximate surface area is 151 Å². The van der Waals surface area contributed by atoms with E-state index >= 15 is 0 Å². The molecule has 2 rings (SSSR count). The summed E-state index contributed by atoms with van der Waals surface area (Å²) in [5.41, 5.74) is 7.11. The van der Waals surface area contributed by atoms with E-state index < -0.39 is 31.0 Å². The summed E-state index contributed by atoms with van der Waals surface area (Å²) in [6.07, 6.45) is 0.850. The topological polar surface area (TPSA) is 108 Å². The largest absolute Gasteiger partial charge is 0.481 e. The van der Waals surface area contributed by atoms with E-state index in [-0.39, 0.29) is 11.3 Å². The number of nitrogens with one attached hydrogen (secondary N) is 1. The van der Waals surface area contributed by atoms with Gasteiger partial charge in [0.25, 0.3) is 11.8 Å². The molecular formula is C19H20N2O5. The molecule has 0 aliphatic heterocycles.